The van der Waals surface area contributed by atoms with Gasteiger partial charge in [0.15, 0.2) is 17.3 Å². The van der Waals surface area contributed by atoms with Gasteiger partial charge in [0.2, 0.25) is 0 Å². The largest absolute Gasteiger partial charge is 0.504 e. The third-order valence-corrected chi connectivity index (χ3v) is 7.08. The minimum atomic E-state index is -0.766. The van der Waals surface area contributed by atoms with Crippen molar-refractivity contribution in [2.24, 2.45) is 11.8 Å². The van der Waals surface area contributed by atoms with Crippen molar-refractivity contribution in [1.29, 1.82) is 0 Å². The number of rotatable bonds is 5. The first kappa shape index (κ1) is 21.2. The van der Waals surface area contributed by atoms with E-state index in [2.05, 4.69) is 17.2 Å². The lowest BCUT2D eigenvalue weighted by Gasteiger charge is -2.29. The second kappa shape index (κ2) is 8.36. The van der Waals surface area contributed by atoms with E-state index >= 15 is 0 Å². The van der Waals surface area contributed by atoms with Crippen LogP contribution < -0.4 is 5.32 Å². The molecule has 0 bridgehead atoms. The van der Waals surface area contributed by atoms with Gasteiger partial charge in [-0.15, -0.1) is 0 Å². The average molecular weight is 453 g/mol. The van der Waals surface area contributed by atoms with Gasteiger partial charge in [0.25, 0.3) is 0 Å². The fourth-order valence-electron chi connectivity index (χ4n) is 4.62. The maximum absolute atomic E-state index is 14.1. The molecular weight excluding hydrogens is 427 g/mol. The zero-order valence-corrected chi connectivity index (χ0v) is 18.8. The number of phenols is 1. The van der Waals surface area contributed by atoms with Gasteiger partial charge in [-0.25, -0.2) is 4.39 Å². The molecule has 0 atom stereocenters. The first-order chi connectivity index (χ1) is 15.4. The van der Waals surface area contributed by atoms with E-state index in [-0.39, 0.29) is 16.7 Å². The van der Waals surface area contributed by atoms with Gasteiger partial charge in [0, 0.05) is 23.5 Å². The number of anilines is 1. The van der Waals surface area contributed by atoms with E-state index in [9.17, 15) is 14.3 Å². The Kier molecular flexibility index (Phi) is 5.54. The van der Waals surface area contributed by atoms with Crippen molar-refractivity contribution in [3.05, 3.63) is 52.9 Å². The number of pyridine rings is 1. The number of fused-ring (bicyclic) bond motifs is 1. The number of ketones is 1. The van der Waals surface area contributed by atoms with Crippen molar-refractivity contribution >= 4 is 34.0 Å². The second-order valence-corrected chi connectivity index (χ2v) is 9.71. The Morgan fingerprint density at radius 3 is 2.53 bits per heavy atom. The molecule has 1 heterocycles. The lowest BCUT2D eigenvalue weighted by atomic mass is 9.87. The molecule has 2 saturated carbocycles. The highest BCUT2D eigenvalue weighted by atomic mass is 35.5. The molecule has 0 aliphatic heterocycles. The Bertz CT molecular complexity index is 1180. The number of nitrogens with zero attached hydrogens (tertiary/aromatic N) is 1. The van der Waals surface area contributed by atoms with Gasteiger partial charge in [-0.05, 0) is 79.8 Å². The molecule has 3 aromatic rings. The highest BCUT2D eigenvalue weighted by molar-refractivity contribution is 6.32. The average Bonchev–Trinajstić information content (AvgIpc) is 3.63. The van der Waals surface area contributed by atoms with E-state index < -0.39 is 11.6 Å². The molecule has 2 fully saturated rings. The topological polar surface area (TPSA) is 62.2 Å². The van der Waals surface area contributed by atoms with Gasteiger partial charge < -0.3 is 10.4 Å². The Hall–Kier alpha value is -2.66. The van der Waals surface area contributed by atoms with E-state index in [0.29, 0.717) is 17.2 Å². The molecule has 2 N–H and O–H groups in total. The number of hydrogen-bond donors (Lipinski definition) is 2. The summed E-state index contributed by atoms with van der Waals surface area (Å²) in [6.45, 7) is 2.29. The van der Waals surface area contributed by atoms with Crippen LogP contribution in [0, 0.1) is 17.7 Å². The van der Waals surface area contributed by atoms with Gasteiger partial charge in [-0.1, -0.05) is 24.6 Å². The molecule has 0 radical (unpaired) electrons. The van der Waals surface area contributed by atoms with Crippen LogP contribution in [0.15, 0.2) is 36.5 Å². The summed E-state index contributed by atoms with van der Waals surface area (Å²) < 4.78 is 14.1. The van der Waals surface area contributed by atoms with Crippen LogP contribution in [0.1, 0.15) is 55.8 Å². The standard InChI is InChI=1S/C26H26ClFN2O2/c1-14-2-7-18(8-3-14)30-24-19-10-16(17-11-21(27)26(32)22(28)12-17)6-9-23(19)29-13-20(24)25(31)15-4-5-15/h6,9-15,18,32H,2-5,7-8H2,1H3,(H,29,30). The highest BCUT2D eigenvalue weighted by Gasteiger charge is 2.33. The van der Waals surface area contributed by atoms with E-state index in [1.807, 2.05) is 18.2 Å². The Balaban J connectivity index is 1.62. The number of nitrogens with one attached hydrogen (secondary N) is 1. The number of benzene rings is 2. The predicted molar refractivity (Wildman–Crippen MR) is 126 cm³/mol. The molecule has 2 aromatic carbocycles. The van der Waals surface area contributed by atoms with Crippen LogP contribution in [0.5, 0.6) is 5.75 Å². The molecule has 0 amide bonds. The van der Waals surface area contributed by atoms with Crippen molar-refractivity contribution in [1.82, 2.24) is 4.98 Å². The smallest absolute Gasteiger partial charge is 0.170 e. The van der Waals surface area contributed by atoms with Crippen molar-refractivity contribution < 1.29 is 14.3 Å². The Morgan fingerprint density at radius 1 is 1.09 bits per heavy atom. The van der Waals surface area contributed by atoms with Gasteiger partial charge in [0.1, 0.15) is 0 Å². The summed E-state index contributed by atoms with van der Waals surface area (Å²) in [7, 11) is 0. The van der Waals surface area contributed by atoms with Crippen LogP contribution in [-0.2, 0) is 0 Å². The van der Waals surface area contributed by atoms with Gasteiger partial charge in [-0.2, -0.15) is 0 Å². The third kappa shape index (κ3) is 4.06. The van der Waals surface area contributed by atoms with Gasteiger partial charge in [0.05, 0.1) is 21.8 Å². The fourth-order valence-corrected chi connectivity index (χ4v) is 4.83. The summed E-state index contributed by atoms with van der Waals surface area (Å²) in [6, 6.07) is 8.79. The summed E-state index contributed by atoms with van der Waals surface area (Å²) in [5.74, 6) is -0.345. The molecule has 2 aliphatic rings. The van der Waals surface area contributed by atoms with Gasteiger partial charge in [-0.3, -0.25) is 9.78 Å². The zero-order valence-electron chi connectivity index (χ0n) is 18.0. The van der Waals surface area contributed by atoms with Crippen LogP contribution in [0.2, 0.25) is 5.02 Å². The van der Waals surface area contributed by atoms with Gasteiger partial charge >= 0.3 is 0 Å². The number of phenolic OH excluding ortho intramolecular Hbond substituents is 1. The fraction of sp³-hybridized carbons (Fsp3) is 0.385. The first-order valence-electron chi connectivity index (χ1n) is 11.3. The van der Waals surface area contributed by atoms with Crippen molar-refractivity contribution in [3.8, 4) is 16.9 Å². The first-order valence-corrected chi connectivity index (χ1v) is 11.7. The third-order valence-electron chi connectivity index (χ3n) is 6.80. The Morgan fingerprint density at radius 2 is 1.84 bits per heavy atom. The zero-order chi connectivity index (χ0) is 22.4. The number of hydrogen-bond acceptors (Lipinski definition) is 4. The number of aromatic hydroxyl groups is 1. The van der Waals surface area contributed by atoms with Crippen LogP contribution >= 0.6 is 11.6 Å². The molecule has 0 unspecified atom stereocenters. The Labute approximate surface area is 191 Å². The van der Waals surface area contributed by atoms with E-state index in [1.165, 1.54) is 18.9 Å². The highest BCUT2D eigenvalue weighted by Crippen LogP contribution is 2.39. The number of halogens is 2. The minimum Gasteiger partial charge on any atom is -0.504 e. The van der Waals surface area contributed by atoms with Crippen molar-refractivity contribution in [2.75, 3.05) is 5.32 Å². The van der Waals surface area contributed by atoms with E-state index in [1.54, 1.807) is 12.3 Å². The summed E-state index contributed by atoms with van der Waals surface area (Å²) >= 11 is 6.01. The minimum absolute atomic E-state index is 0.0365. The number of carbonyl (C=O) groups is 1. The van der Waals surface area contributed by atoms with E-state index in [4.69, 9.17) is 11.6 Å². The second-order valence-electron chi connectivity index (χ2n) is 9.31. The van der Waals surface area contributed by atoms with Crippen LogP contribution in [-0.4, -0.2) is 21.9 Å². The maximum Gasteiger partial charge on any atom is 0.170 e. The predicted octanol–water partition coefficient (Wildman–Crippen LogP) is 6.98. The summed E-state index contributed by atoms with van der Waals surface area (Å²) in [6.07, 6.45) is 8.05. The molecule has 0 spiro atoms. The summed E-state index contributed by atoms with van der Waals surface area (Å²) in [5, 5.41) is 14.2. The normalized spacial score (nSPS) is 21.0. The summed E-state index contributed by atoms with van der Waals surface area (Å²) in [5.41, 5.74) is 3.56. The number of aromatic nitrogens is 1. The molecule has 32 heavy (non-hydrogen) atoms. The molecular formula is C26H26ClFN2O2. The maximum atomic E-state index is 14.1. The molecule has 5 rings (SSSR count). The molecule has 4 nitrogen and oxygen atoms in total. The van der Waals surface area contributed by atoms with E-state index in [0.717, 1.165) is 53.8 Å². The molecule has 2 aliphatic carbocycles. The van der Waals surface area contributed by atoms with Crippen molar-refractivity contribution in [3.63, 3.8) is 0 Å². The summed E-state index contributed by atoms with van der Waals surface area (Å²) in [4.78, 5) is 17.6. The van der Waals surface area contributed by atoms with Crippen LogP contribution in [0.25, 0.3) is 22.0 Å². The molecule has 166 valence electrons. The van der Waals surface area contributed by atoms with Crippen molar-refractivity contribution in [2.45, 2.75) is 51.5 Å². The SMILES string of the molecule is CC1CCC(Nc2c(C(=O)C3CC3)cnc3ccc(-c4cc(F)c(O)c(Cl)c4)cc23)CC1. The molecule has 1 aromatic heterocycles. The quantitative estimate of drug-likeness (QED) is 0.410. The lowest BCUT2D eigenvalue weighted by Crippen LogP contribution is -2.26. The van der Waals surface area contributed by atoms with Crippen LogP contribution in [0.3, 0.4) is 0 Å². The number of carbonyl (C=O) groups excluding carboxylic acids is 1. The molecule has 0 saturated heterocycles. The number of Topliss-reactive ketones (excluding diaryl/α,β-unsaturated/α-hetero) is 1. The lowest BCUT2D eigenvalue weighted by molar-refractivity contribution is 0.0968. The molecule has 6 heteroatoms. The monoisotopic (exact) mass is 452 g/mol. The van der Waals surface area contributed by atoms with Crippen LogP contribution in [0.4, 0.5) is 10.1 Å².